The van der Waals surface area contributed by atoms with Crippen LogP contribution in [0.5, 0.6) is 0 Å². The smallest absolute Gasteiger partial charge is 0.227 e. The van der Waals surface area contributed by atoms with Crippen LogP contribution in [-0.2, 0) is 24.1 Å². The summed E-state index contributed by atoms with van der Waals surface area (Å²) >= 11 is 1.75. The molecular weight excluding hydrogens is 438 g/mol. The first-order chi connectivity index (χ1) is 16.7. The minimum atomic E-state index is 0.257. The summed E-state index contributed by atoms with van der Waals surface area (Å²) in [6.45, 7) is 5.88. The fraction of sp³-hybridized carbons (Fsp3) is 0.483. The van der Waals surface area contributed by atoms with Crippen molar-refractivity contribution >= 4 is 33.0 Å². The highest BCUT2D eigenvalue weighted by Crippen LogP contribution is 2.29. The predicted molar refractivity (Wildman–Crippen MR) is 142 cm³/mol. The molecule has 0 bridgehead atoms. The third-order valence-corrected chi connectivity index (χ3v) is 9.18. The van der Waals surface area contributed by atoms with Gasteiger partial charge in [0, 0.05) is 55.7 Å². The van der Waals surface area contributed by atoms with Crippen LogP contribution in [-0.4, -0.2) is 61.0 Å². The van der Waals surface area contributed by atoms with Crippen LogP contribution in [0.3, 0.4) is 0 Å². The summed E-state index contributed by atoms with van der Waals surface area (Å²) in [6.07, 6.45) is 8.48. The average molecular weight is 474 g/mol. The van der Waals surface area contributed by atoms with Crippen LogP contribution in [0.15, 0.2) is 47.8 Å². The maximum Gasteiger partial charge on any atom is 0.227 e. The SMILES string of the molecule is O=C(Cc1cccc2sccc12)N1CCN(c2ccc3c(c2)CCN(C2CCCC2)CC3)CC1. The Morgan fingerprint density at radius 3 is 2.50 bits per heavy atom. The van der Waals surface area contributed by atoms with Crippen molar-refractivity contribution in [2.75, 3.05) is 44.2 Å². The van der Waals surface area contributed by atoms with Crippen molar-refractivity contribution in [2.45, 2.75) is 51.0 Å². The lowest BCUT2D eigenvalue weighted by Gasteiger charge is -2.36. The molecule has 1 amide bonds. The summed E-state index contributed by atoms with van der Waals surface area (Å²) < 4.78 is 1.27. The number of piperazine rings is 1. The van der Waals surface area contributed by atoms with Gasteiger partial charge < -0.3 is 9.80 Å². The summed E-state index contributed by atoms with van der Waals surface area (Å²) in [5, 5.41) is 3.35. The van der Waals surface area contributed by atoms with Gasteiger partial charge >= 0.3 is 0 Å². The van der Waals surface area contributed by atoms with E-state index in [1.807, 2.05) is 0 Å². The van der Waals surface area contributed by atoms with E-state index in [-0.39, 0.29) is 5.91 Å². The fourth-order valence-corrected chi connectivity index (χ4v) is 7.09. The number of carbonyl (C=O) groups excluding carboxylic acids is 1. The molecule has 0 unspecified atom stereocenters. The molecule has 3 aliphatic rings. The van der Waals surface area contributed by atoms with Crippen LogP contribution in [0.25, 0.3) is 10.1 Å². The molecule has 5 heteroatoms. The molecule has 2 fully saturated rings. The maximum atomic E-state index is 13.1. The lowest BCUT2D eigenvalue weighted by Crippen LogP contribution is -2.49. The lowest BCUT2D eigenvalue weighted by molar-refractivity contribution is -0.130. The summed E-state index contributed by atoms with van der Waals surface area (Å²) in [5.41, 5.74) is 5.58. The quantitative estimate of drug-likeness (QED) is 0.525. The number of carbonyl (C=O) groups is 1. The van der Waals surface area contributed by atoms with Crippen molar-refractivity contribution in [3.8, 4) is 0 Å². The molecule has 0 atom stereocenters. The second kappa shape index (κ2) is 9.71. The Bertz CT molecular complexity index is 1160. The van der Waals surface area contributed by atoms with E-state index < -0.39 is 0 Å². The summed E-state index contributed by atoms with van der Waals surface area (Å²) in [6, 6.07) is 16.4. The van der Waals surface area contributed by atoms with Crippen molar-refractivity contribution in [3.05, 3.63) is 64.5 Å². The van der Waals surface area contributed by atoms with Gasteiger partial charge in [0.05, 0.1) is 6.42 Å². The average Bonchev–Trinajstić information content (AvgIpc) is 3.54. The maximum absolute atomic E-state index is 13.1. The molecule has 0 N–H and O–H groups in total. The second-order valence-corrected chi connectivity index (χ2v) is 11.2. The number of amides is 1. The molecule has 2 aromatic carbocycles. The van der Waals surface area contributed by atoms with E-state index >= 15 is 0 Å². The van der Waals surface area contributed by atoms with Gasteiger partial charge in [-0.05, 0) is 77.4 Å². The molecule has 1 aromatic heterocycles. The summed E-state index contributed by atoms with van der Waals surface area (Å²) in [7, 11) is 0. The van der Waals surface area contributed by atoms with Gasteiger partial charge in [0.25, 0.3) is 0 Å². The number of benzene rings is 2. The molecule has 34 heavy (non-hydrogen) atoms. The van der Waals surface area contributed by atoms with Crippen LogP contribution < -0.4 is 4.90 Å². The molecule has 1 aliphatic carbocycles. The second-order valence-electron chi connectivity index (χ2n) is 10.2. The highest BCUT2D eigenvalue weighted by atomic mass is 32.1. The van der Waals surface area contributed by atoms with Crippen LogP contribution in [0.2, 0.25) is 0 Å². The number of thiophene rings is 1. The molecule has 2 aliphatic heterocycles. The standard InChI is InChI=1S/C29H35N3OS/c33-29(21-24-4-3-7-28-27(24)12-19-34-28)32-17-15-31(16-18-32)26-9-8-22-10-13-30(14-11-23(22)20-26)25-5-1-2-6-25/h3-4,7-9,12,19-20,25H,1-2,5-6,10-11,13-18,21H2. The molecule has 0 spiro atoms. The van der Waals surface area contributed by atoms with Crippen molar-refractivity contribution in [3.63, 3.8) is 0 Å². The van der Waals surface area contributed by atoms with Gasteiger partial charge in [-0.2, -0.15) is 0 Å². The molecule has 1 saturated carbocycles. The van der Waals surface area contributed by atoms with E-state index in [1.165, 1.54) is 67.4 Å². The van der Waals surface area contributed by atoms with Gasteiger partial charge in [0.2, 0.25) is 5.91 Å². The van der Waals surface area contributed by atoms with E-state index in [0.717, 1.165) is 37.8 Å². The van der Waals surface area contributed by atoms with E-state index in [0.29, 0.717) is 6.42 Å². The summed E-state index contributed by atoms with van der Waals surface area (Å²) in [4.78, 5) is 20.3. The van der Waals surface area contributed by atoms with Crippen LogP contribution in [0.1, 0.15) is 42.4 Å². The van der Waals surface area contributed by atoms with Crippen molar-refractivity contribution in [1.82, 2.24) is 9.80 Å². The zero-order valence-corrected chi connectivity index (χ0v) is 20.9. The van der Waals surface area contributed by atoms with Gasteiger partial charge in [0.15, 0.2) is 0 Å². The Hall–Kier alpha value is -2.37. The molecule has 0 radical (unpaired) electrons. The number of anilines is 1. The number of fused-ring (bicyclic) bond motifs is 2. The lowest BCUT2D eigenvalue weighted by atomic mass is 10.0. The normalized spacial score (nSPS) is 20.0. The van der Waals surface area contributed by atoms with E-state index in [2.05, 4.69) is 62.5 Å². The number of nitrogens with zero attached hydrogens (tertiary/aromatic N) is 3. The molecule has 1 saturated heterocycles. The van der Waals surface area contributed by atoms with Gasteiger partial charge in [-0.25, -0.2) is 0 Å². The van der Waals surface area contributed by atoms with Crippen LogP contribution in [0.4, 0.5) is 5.69 Å². The zero-order chi connectivity index (χ0) is 22.9. The van der Waals surface area contributed by atoms with E-state index in [4.69, 9.17) is 0 Å². The first-order valence-electron chi connectivity index (χ1n) is 13.1. The molecular formula is C29H35N3OS. The first-order valence-corrected chi connectivity index (χ1v) is 14.0. The topological polar surface area (TPSA) is 26.8 Å². The Balaban J connectivity index is 1.07. The monoisotopic (exact) mass is 473 g/mol. The van der Waals surface area contributed by atoms with E-state index in [1.54, 1.807) is 22.5 Å². The van der Waals surface area contributed by atoms with Crippen molar-refractivity contribution in [1.29, 1.82) is 0 Å². The first kappa shape index (κ1) is 22.1. The minimum absolute atomic E-state index is 0.257. The Labute approximate surface area is 207 Å². The van der Waals surface area contributed by atoms with Crippen molar-refractivity contribution < 1.29 is 4.79 Å². The van der Waals surface area contributed by atoms with Crippen LogP contribution in [0, 0.1) is 0 Å². The third kappa shape index (κ3) is 4.48. The van der Waals surface area contributed by atoms with Gasteiger partial charge in [-0.1, -0.05) is 31.0 Å². The molecule has 3 heterocycles. The largest absolute Gasteiger partial charge is 0.368 e. The number of hydrogen-bond donors (Lipinski definition) is 0. The zero-order valence-electron chi connectivity index (χ0n) is 20.0. The fourth-order valence-electron chi connectivity index (χ4n) is 6.26. The Morgan fingerprint density at radius 1 is 0.882 bits per heavy atom. The highest BCUT2D eigenvalue weighted by molar-refractivity contribution is 7.17. The van der Waals surface area contributed by atoms with Gasteiger partial charge in [0.1, 0.15) is 0 Å². The molecule has 4 nitrogen and oxygen atoms in total. The van der Waals surface area contributed by atoms with Crippen LogP contribution >= 0.6 is 11.3 Å². The van der Waals surface area contributed by atoms with Gasteiger partial charge in [-0.15, -0.1) is 11.3 Å². The Kier molecular flexibility index (Phi) is 6.32. The van der Waals surface area contributed by atoms with Gasteiger partial charge in [-0.3, -0.25) is 9.69 Å². The molecule has 6 rings (SSSR count). The highest BCUT2D eigenvalue weighted by Gasteiger charge is 2.26. The van der Waals surface area contributed by atoms with E-state index in [9.17, 15) is 4.79 Å². The molecule has 178 valence electrons. The van der Waals surface area contributed by atoms with Crippen molar-refractivity contribution in [2.24, 2.45) is 0 Å². The number of rotatable bonds is 4. The number of hydrogen-bond acceptors (Lipinski definition) is 4. The minimum Gasteiger partial charge on any atom is -0.368 e. The Morgan fingerprint density at radius 2 is 1.68 bits per heavy atom. The third-order valence-electron chi connectivity index (χ3n) is 8.29. The summed E-state index contributed by atoms with van der Waals surface area (Å²) in [5.74, 6) is 0.257. The predicted octanol–water partition coefficient (Wildman–Crippen LogP) is 5.14. The molecule has 3 aromatic rings.